The number of esters is 2. The molecule has 0 unspecified atom stereocenters. The molecule has 4 nitrogen and oxygen atoms in total. The highest BCUT2D eigenvalue weighted by atomic mass is 16.5. The SMILES string of the molecule is CC.CCCC(=O)OCC1CCC(COC(C)=O)CC1. The zero-order valence-corrected chi connectivity index (χ0v) is 13.4. The largest absolute Gasteiger partial charge is 0.466 e. The van der Waals surface area contributed by atoms with Crippen LogP contribution in [-0.4, -0.2) is 25.2 Å². The summed E-state index contributed by atoms with van der Waals surface area (Å²) in [4.78, 5) is 22.0. The Labute approximate surface area is 123 Å². The molecular weight excluding hydrogens is 256 g/mol. The van der Waals surface area contributed by atoms with E-state index in [0.717, 1.165) is 32.1 Å². The highest BCUT2D eigenvalue weighted by molar-refractivity contribution is 5.69. The van der Waals surface area contributed by atoms with E-state index in [-0.39, 0.29) is 11.9 Å². The van der Waals surface area contributed by atoms with E-state index in [9.17, 15) is 9.59 Å². The molecule has 0 aromatic carbocycles. The Kier molecular flexibility index (Phi) is 11.1. The van der Waals surface area contributed by atoms with E-state index in [1.807, 2.05) is 20.8 Å². The van der Waals surface area contributed by atoms with Gasteiger partial charge in [0, 0.05) is 13.3 Å². The summed E-state index contributed by atoms with van der Waals surface area (Å²) >= 11 is 0. The summed E-state index contributed by atoms with van der Waals surface area (Å²) < 4.78 is 10.3. The van der Waals surface area contributed by atoms with E-state index in [0.29, 0.717) is 31.5 Å². The fraction of sp³-hybridized carbons (Fsp3) is 0.875. The second-order valence-electron chi connectivity index (χ2n) is 5.12. The Morgan fingerprint density at radius 3 is 1.80 bits per heavy atom. The fourth-order valence-corrected chi connectivity index (χ4v) is 2.29. The first-order valence-corrected chi connectivity index (χ1v) is 7.90. The first kappa shape index (κ1) is 18.9. The van der Waals surface area contributed by atoms with Crippen molar-refractivity contribution in [1.82, 2.24) is 0 Å². The minimum absolute atomic E-state index is 0.0838. The zero-order valence-electron chi connectivity index (χ0n) is 13.4. The van der Waals surface area contributed by atoms with E-state index < -0.39 is 0 Å². The van der Waals surface area contributed by atoms with Crippen LogP contribution < -0.4 is 0 Å². The van der Waals surface area contributed by atoms with Gasteiger partial charge in [-0.05, 0) is 43.9 Å². The average Bonchev–Trinajstić information content (AvgIpc) is 2.46. The van der Waals surface area contributed by atoms with Gasteiger partial charge in [-0.1, -0.05) is 20.8 Å². The lowest BCUT2D eigenvalue weighted by molar-refractivity contribution is -0.146. The minimum Gasteiger partial charge on any atom is -0.466 e. The molecule has 4 heteroatoms. The Balaban J connectivity index is 0.00000172. The molecule has 20 heavy (non-hydrogen) atoms. The predicted molar refractivity (Wildman–Crippen MR) is 79.3 cm³/mol. The van der Waals surface area contributed by atoms with Crippen LogP contribution in [0.3, 0.4) is 0 Å². The van der Waals surface area contributed by atoms with Gasteiger partial charge in [0.05, 0.1) is 13.2 Å². The van der Waals surface area contributed by atoms with Crippen LogP contribution in [0.25, 0.3) is 0 Å². The van der Waals surface area contributed by atoms with Crippen LogP contribution in [0.15, 0.2) is 0 Å². The molecule has 0 aromatic heterocycles. The molecule has 0 bridgehead atoms. The van der Waals surface area contributed by atoms with Crippen LogP contribution in [0.4, 0.5) is 0 Å². The standard InChI is InChI=1S/C14H24O4.C2H6/c1-3-4-14(16)18-10-13-7-5-12(6-8-13)9-17-11(2)15;1-2/h12-13H,3-10H2,1-2H3;1-2H3. The normalized spacial score (nSPS) is 21.4. The molecule has 0 amide bonds. The molecule has 1 aliphatic carbocycles. The predicted octanol–water partition coefficient (Wildman–Crippen LogP) is 3.73. The van der Waals surface area contributed by atoms with Crippen molar-refractivity contribution in [2.75, 3.05) is 13.2 Å². The summed E-state index contributed by atoms with van der Waals surface area (Å²) in [6.07, 6.45) is 5.60. The summed E-state index contributed by atoms with van der Waals surface area (Å²) in [5, 5.41) is 0. The Morgan fingerprint density at radius 2 is 1.40 bits per heavy atom. The molecule has 0 aromatic rings. The lowest BCUT2D eigenvalue weighted by Gasteiger charge is -2.27. The first-order chi connectivity index (χ1) is 9.61. The van der Waals surface area contributed by atoms with Crippen LogP contribution in [0.2, 0.25) is 0 Å². The van der Waals surface area contributed by atoms with Gasteiger partial charge in [0.2, 0.25) is 0 Å². The van der Waals surface area contributed by atoms with Gasteiger partial charge in [-0.3, -0.25) is 9.59 Å². The lowest BCUT2D eigenvalue weighted by atomic mass is 9.83. The molecule has 0 heterocycles. The highest BCUT2D eigenvalue weighted by Gasteiger charge is 2.22. The summed E-state index contributed by atoms with van der Waals surface area (Å²) in [5.41, 5.74) is 0. The number of rotatable bonds is 6. The number of hydrogen-bond donors (Lipinski definition) is 0. The van der Waals surface area contributed by atoms with E-state index in [4.69, 9.17) is 9.47 Å². The topological polar surface area (TPSA) is 52.6 Å². The second-order valence-corrected chi connectivity index (χ2v) is 5.12. The number of carbonyl (C=O) groups is 2. The van der Waals surface area contributed by atoms with E-state index in [1.54, 1.807) is 0 Å². The molecule has 0 aliphatic heterocycles. The molecule has 0 atom stereocenters. The summed E-state index contributed by atoms with van der Waals surface area (Å²) in [6, 6.07) is 0. The molecule has 118 valence electrons. The molecule has 1 aliphatic rings. The monoisotopic (exact) mass is 286 g/mol. The van der Waals surface area contributed by atoms with Crippen molar-refractivity contribution in [3.63, 3.8) is 0 Å². The second kappa shape index (κ2) is 11.7. The molecule has 0 N–H and O–H groups in total. The smallest absolute Gasteiger partial charge is 0.305 e. The Hall–Kier alpha value is -1.06. The molecule has 1 fully saturated rings. The maximum absolute atomic E-state index is 11.2. The van der Waals surface area contributed by atoms with Gasteiger partial charge in [-0.25, -0.2) is 0 Å². The van der Waals surface area contributed by atoms with Crippen molar-refractivity contribution in [1.29, 1.82) is 0 Å². The van der Waals surface area contributed by atoms with Gasteiger partial charge in [0.1, 0.15) is 0 Å². The van der Waals surface area contributed by atoms with Crippen LogP contribution in [-0.2, 0) is 19.1 Å². The van der Waals surface area contributed by atoms with Gasteiger partial charge < -0.3 is 9.47 Å². The maximum atomic E-state index is 11.2. The van der Waals surface area contributed by atoms with Gasteiger partial charge in [-0.15, -0.1) is 0 Å². The Bertz CT molecular complexity index is 268. The third-order valence-electron chi connectivity index (χ3n) is 3.42. The molecule has 1 saturated carbocycles. The quantitative estimate of drug-likeness (QED) is 0.698. The Morgan fingerprint density at radius 1 is 0.950 bits per heavy atom. The van der Waals surface area contributed by atoms with Gasteiger partial charge >= 0.3 is 11.9 Å². The van der Waals surface area contributed by atoms with Gasteiger partial charge in [0.15, 0.2) is 0 Å². The van der Waals surface area contributed by atoms with Crippen LogP contribution in [0.5, 0.6) is 0 Å². The zero-order chi connectivity index (χ0) is 15.4. The van der Waals surface area contributed by atoms with E-state index in [1.165, 1.54) is 6.92 Å². The maximum Gasteiger partial charge on any atom is 0.305 e. The summed E-state index contributed by atoms with van der Waals surface area (Å²) in [6.45, 7) is 8.51. The number of carbonyl (C=O) groups excluding carboxylic acids is 2. The highest BCUT2D eigenvalue weighted by Crippen LogP contribution is 2.29. The average molecular weight is 286 g/mol. The molecule has 0 radical (unpaired) electrons. The summed E-state index contributed by atoms with van der Waals surface area (Å²) in [7, 11) is 0. The minimum atomic E-state index is -0.203. The van der Waals surface area contributed by atoms with Crippen LogP contribution in [0, 0.1) is 11.8 Å². The molecule has 0 saturated heterocycles. The van der Waals surface area contributed by atoms with Crippen LogP contribution in [0.1, 0.15) is 66.2 Å². The van der Waals surface area contributed by atoms with E-state index >= 15 is 0 Å². The third kappa shape index (κ3) is 8.94. The molecular formula is C16H30O4. The van der Waals surface area contributed by atoms with Crippen molar-refractivity contribution >= 4 is 11.9 Å². The van der Waals surface area contributed by atoms with E-state index in [2.05, 4.69) is 0 Å². The van der Waals surface area contributed by atoms with Gasteiger partial charge in [-0.2, -0.15) is 0 Å². The van der Waals surface area contributed by atoms with Crippen molar-refractivity contribution in [2.45, 2.75) is 66.2 Å². The first-order valence-electron chi connectivity index (χ1n) is 7.90. The van der Waals surface area contributed by atoms with Crippen LogP contribution >= 0.6 is 0 Å². The van der Waals surface area contributed by atoms with Crippen molar-refractivity contribution in [2.24, 2.45) is 11.8 Å². The number of hydrogen-bond acceptors (Lipinski definition) is 4. The molecule has 1 rings (SSSR count). The third-order valence-corrected chi connectivity index (χ3v) is 3.42. The molecule has 0 spiro atoms. The lowest BCUT2D eigenvalue weighted by Crippen LogP contribution is -2.23. The fourth-order valence-electron chi connectivity index (χ4n) is 2.29. The van der Waals surface area contributed by atoms with Crippen molar-refractivity contribution in [3.05, 3.63) is 0 Å². The van der Waals surface area contributed by atoms with Gasteiger partial charge in [0.25, 0.3) is 0 Å². The van der Waals surface area contributed by atoms with Crippen molar-refractivity contribution < 1.29 is 19.1 Å². The van der Waals surface area contributed by atoms with Crippen molar-refractivity contribution in [3.8, 4) is 0 Å². The summed E-state index contributed by atoms with van der Waals surface area (Å²) in [5.74, 6) is 0.682. The number of ether oxygens (including phenoxy) is 2.